The highest BCUT2D eigenvalue weighted by Crippen LogP contribution is 2.49. The van der Waals surface area contributed by atoms with Crippen LogP contribution in [0.4, 0.5) is 0 Å². The molecule has 0 saturated carbocycles. The lowest BCUT2D eigenvalue weighted by molar-refractivity contribution is 0.342. The second-order valence-corrected chi connectivity index (χ2v) is 15.6. The SMILES string of the molecule is CSC(C/C(=C/CO)Sc1ccccc1)(SC)[Si](C)(C)C. The Bertz CT molecular complexity index is 450. The predicted octanol–water partition coefficient (Wildman–Crippen LogP) is 5.34. The van der Waals surface area contributed by atoms with Gasteiger partial charge in [0.15, 0.2) is 0 Å². The fraction of sp³-hybridized carbons (Fsp3) is 0.500. The van der Waals surface area contributed by atoms with Crippen LogP contribution in [-0.4, -0.2) is 36.0 Å². The van der Waals surface area contributed by atoms with Crippen LogP contribution in [0.5, 0.6) is 0 Å². The van der Waals surface area contributed by atoms with Crippen LogP contribution in [0, 0.1) is 0 Å². The van der Waals surface area contributed by atoms with Gasteiger partial charge >= 0.3 is 0 Å². The van der Waals surface area contributed by atoms with Gasteiger partial charge in [-0.25, -0.2) is 0 Å². The molecule has 5 heteroatoms. The van der Waals surface area contributed by atoms with Crippen LogP contribution in [0.15, 0.2) is 46.2 Å². The molecule has 0 spiro atoms. The molecule has 1 N–H and O–H groups in total. The Morgan fingerprint density at radius 1 is 1.14 bits per heavy atom. The average Bonchev–Trinajstić information content (AvgIpc) is 2.44. The maximum atomic E-state index is 9.37. The molecule has 0 fully saturated rings. The zero-order valence-electron chi connectivity index (χ0n) is 13.6. The first-order valence-corrected chi connectivity index (χ1v) is 13.8. The van der Waals surface area contributed by atoms with Crippen molar-refractivity contribution in [1.29, 1.82) is 0 Å². The van der Waals surface area contributed by atoms with Gasteiger partial charge in [0.2, 0.25) is 0 Å². The van der Waals surface area contributed by atoms with Gasteiger partial charge in [-0.15, -0.1) is 0 Å². The first-order valence-electron chi connectivity index (χ1n) is 7.01. The van der Waals surface area contributed by atoms with Gasteiger partial charge < -0.3 is 5.11 Å². The third kappa shape index (κ3) is 5.39. The minimum absolute atomic E-state index is 0.111. The number of hydrogen-bond donors (Lipinski definition) is 1. The van der Waals surface area contributed by atoms with Crippen molar-refractivity contribution in [3.8, 4) is 0 Å². The summed E-state index contributed by atoms with van der Waals surface area (Å²) >= 11 is 5.74. The molecule has 0 radical (unpaired) electrons. The molecular formula is C16H26OS3Si. The smallest absolute Gasteiger partial charge is 0.0756 e. The van der Waals surface area contributed by atoms with Crippen molar-refractivity contribution in [2.45, 2.75) is 34.7 Å². The van der Waals surface area contributed by atoms with Crippen molar-refractivity contribution in [3.63, 3.8) is 0 Å². The van der Waals surface area contributed by atoms with Crippen molar-refractivity contribution in [2.24, 2.45) is 0 Å². The van der Waals surface area contributed by atoms with Crippen molar-refractivity contribution in [3.05, 3.63) is 41.3 Å². The number of thioether (sulfide) groups is 3. The lowest BCUT2D eigenvalue weighted by Gasteiger charge is -2.41. The van der Waals surface area contributed by atoms with Gasteiger partial charge in [0.05, 0.1) is 18.4 Å². The number of hydrogen-bond acceptors (Lipinski definition) is 4. The van der Waals surface area contributed by atoms with Gasteiger partial charge in [-0.3, -0.25) is 0 Å². The van der Waals surface area contributed by atoms with E-state index in [1.54, 1.807) is 11.8 Å². The molecular weight excluding hydrogens is 332 g/mol. The minimum Gasteiger partial charge on any atom is -0.392 e. The van der Waals surface area contributed by atoms with Crippen molar-refractivity contribution < 1.29 is 5.11 Å². The summed E-state index contributed by atoms with van der Waals surface area (Å²) in [5.41, 5.74) is 0. The molecule has 0 amide bonds. The highest BCUT2D eigenvalue weighted by molar-refractivity contribution is 8.20. The second kappa shape index (κ2) is 8.72. The summed E-state index contributed by atoms with van der Waals surface area (Å²) in [6.07, 6.45) is 7.43. The molecule has 118 valence electrons. The van der Waals surface area contributed by atoms with E-state index in [-0.39, 0.29) is 10.3 Å². The van der Waals surface area contributed by atoms with Crippen molar-refractivity contribution >= 4 is 43.4 Å². The van der Waals surface area contributed by atoms with Crippen LogP contribution in [0.25, 0.3) is 0 Å². The molecule has 0 bridgehead atoms. The predicted molar refractivity (Wildman–Crippen MR) is 105 cm³/mol. The molecule has 0 heterocycles. The van der Waals surface area contributed by atoms with E-state index in [0.29, 0.717) is 0 Å². The molecule has 1 aromatic carbocycles. The van der Waals surface area contributed by atoms with Crippen LogP contribution in [0.2, 0.25) is 19.6 Å². The summed E-state index contributed by atoms with van der Waals surface area (Å²) in [6.45, 7) is 7.41. The second-order valence-electron chi connectivity index (χ2n) is 5.86. The molecule has 0 atom stereocenters. The Morgan fingerprint density at radius 2 is 1.71 bits per heavy atom. The molecule has 1 nitrogen and oxygen atoms in total. The van der Waals surface area contributed by atoms with Gasteiger partial charge in [0, 0.05) is 4.90 Å². The topological polar surface area (TPSA) is 20.2 Å². The van der Waals surface area contributed by atoms with Gasteiger partial charge in [-0.2, -0.15) is 23.5 Å². The fourth-order valence-electron chi connectivity index (χ4n) is 2.23. The number of allylic oxidation sites excluding steroid dienone is 1. The lowest BCUT2D eigenvalue weighted by Crippen LogP contribution is -2.46. The Balaban J connectivity index is 2.99. The van der Waals surface area contributed by atoms with Gasteiger partial charge in [-0.1, -0.05) is 49.6 Å². The zero-order valence-corrected chi connectivity index (χ0v) is 17.0. The Labute approximate surface area is 143 Å². The van der Waals surface area contributed by atoms with E-state index in [4.69, 9.17) is 0 Å². The summed E-state index contributed by atoms with van der Waals surface area (Å²) < 4.78 is 0.246. The number of rotatable bonds is 8. The Kier molecular flexibility index (Phi) is 7.99. The molecule has 1 aromatic rings. The molecule has 0 aliphatic carbocycles. The number of aliphatic hydroxyl groups is 1. The maximum Gasteiger partial charge on any atom is 0.0756 e. The summed E-state index contributed by atoms with van der Waals surface area (Å²) in [5.74, 6) is 0. The zero-order chi connectivity index (χ0) is 15.9. The first-order chi connectivity index (χ1) is 9.88. The van der Waals surface area contributed by atoms with Gasteiger partial charge in [0.25, 0.3) is 0 Å². The molecule has 0 saturated heterocycles. The van der Waals surface area contributed by atoms with Crippen LogP contribution in [0.1, 0.15) is 6.42 Å². The van der Waals surface area contributed by atoms with Crippen LogP contribution in [-0.2, 0) is 0 Å². The van der Waals surface area contributed by atoms with E-state index in [0.717, 1.165) is 6.42 Å². The normalized spacial score (nSPS) is 13.5. The molecule has 21 heavy (non-hydrogen) atoms. The third-order valence-electron chi connectivity index (χ3n) is 3.52. The van der Waals surface area contributed by atoms with Gasteiger partial charge in [-0.05, 0) is 42.0 Å². The Hall–Kier alpha value is 0.187. The highest BCUT2D eigenvalue weighted by atomic mass is 32.2. The van der Waals surface area contributed by atoms with Crippen LogP contribution < -0.4 is 0 Å². The highest BCUT2D eigenvalue weighted by Gasteiger charge is 2.42. The Morgan fingerprint density at radius 3 is 2.14 bits per heavy atom. The summed E-state index contributed by atoms with van der Waals surface area (Å²) in [7, 11) is -1.36. The summed E-state index contributed by atoms with van der Waals surface area (Å²) in [5, 5.41) is 9.37. The molecule has 0 aromatic heterocycles. The number of benzene rings is 1. The third-order valence-corrected chi connectivity index (χ3v) is 14.6. The standard InChI is InChI=1S/C16H26OS3Si/c1-18-16(19-2,21(3,4)5)13-15(11-12-17)20-14-9-7-6-8-10-14/h6-11,17H,12-13H2,1-5H3/b15-11-. The molecule has 0 aliphatic rings. The van der Waals surface area contributed by atoms with E-state index >= 15 is 0 Å². The number of aliphatic hydroxyl groups excluding tert-OH is 1. The van der Waals surface area contributed by atoms with Crippen LogP contribution >= 0.6 is 35.3 Å². The van der Waals surface area contributed by atoms with E-state index in [1.165, 1.54) is 9.80 Å². The van der Waals surface area contributed by atoms with E-state index in [1.807, 2.05) is 35.7 Å². The van der Waals surface area contributed by atoms with E-state index in [9.17, 15) is 5.11 Å². The first kappa shape index (κ1) is 19.2. The average molecular weight is 359 g/mol. The largest absolute Gasteiger partial charge is 0.392 e. The van der Waals surface area contributed by atoms with E-state index in [2.05, 4.69) is 56.4 Å². The lowest BCUT2D eigenvalue weighted by atomic mass is 10.4. The molecule has 0 unspecified atom stereocenters. The van der Waals surface area contributed by atoms with Crippen molar-refractivity contribution in [2.75, 3.05) is 19.1 Å². The van der Waals surface area contributed by atoms with Crippen LogP contribution in [0.3, 0.4) is 0 Å². The van der Waals surface area contributed by atoms with E-state index < -0.39 is 8.07 Å². The maximum absolute atomic E-state index is 9.37. The summed E-state index contributed by atoms with van der Waals surface area (Å²) in [6, 6.07) is 10.4. The fourth-order valence-corrected chi connectivity index (χ4v) is 10.5. The monoisotopic (exact) mass is 358 g/mol. The molecule has 1 rings (SSSR count). The van der Waals surface area contributed by atoms with Crippen molar-refractivity contribution in [1.82, 2.24) is 0 Å². The minimum atomic E-state index is -1.36. The van der Waals surface area contributed by atoms with Gasteiger partial charge in [0.1, 0.15) is 0 Å². The quantitative estimate of drug-likeness (QED) is 0.384. The molecule has 0 aliphatic heterocycles. The summed E-state index contributed by atoms with van der Waals surface area (Å²) in [4.78, 5) is 2.51.